The second kappa shape index (κ2) is 13.3. The van der Waals surface area contributed by atoms with Crippen molar-refractivity contribution < 1.29 is 9.59 Å². The van der Waals surface area contributed by atoms with E-state index in [-0.39, 0.29) is 11.8 Å². The zero-order chi connectivity index (χ0) is 21.8. The van der Waals surface area contributed by atoms with E-state index in [1.165, 1.54) is 0 Å². The predicted molar refractivity (Wildman–Crippen MR) is 127 cm³/mol. The summed E-state index contributed by atoms with van der Waals surface area (Å²) in [5.74, 6) is 0.965. The molecule has 0 unspecified atom stereocenters. The molecule has 0 fully saturated rings. The summed E-state index contributed by atoms with van der Waals surface area (Å²) in [6.45, 7) is 5.07. The first-order valence-electron chi connectivity index (χ1n) is 10.4. The van der Waals surface area contributed by atoms with Crippen molar-refractivity contribution in [2.45, 2.75) is 44.9 Å². The Hall–Kier alpha value is -1.98. The van der Waals surface area contributed by atoms with Crippen LogP contribution in [0, 0.1) is 0 Å². The molecule has 0 aliphatic carbocycles. The van der Waals surface area contributed by atoms with E-state index in [0.717, 1.165) is 36.1 Å². The van der Waals surface area contributed by atoms with Gasteiger partial charge in [0, 0.05) is 23.9 Å². The fraction of sp³-hybridized carbons (Fsp3) is 0.417. The van der Waals surface area contributed by atoms with Crippen LogP contribution < -0.4 is 5.32 Å². The maximum Gasteiger partial charge on any atom is 0.242 e. The molecule has 30 heavy (non-hydrogen) atoms. The third-order valence-corrected chi connectivity index (χ3v) is 6.13. The fourth-order valence-electron chi connectivity index (χ4n) is 3.03. The van der Waals surface area contributed by atoms with E-state index in [9.17, 15) is 9.59 Å². The van der Waals surface area contributed by atoms with Gasteiger partial charge in [-0.25, -0.2) is 0 Å². The number of rotatable bonds is 12. The molecule has 162 valence electrons. The topological polar surface area (TPSA) is 49.4 Å². The van der Waals surface area contributed by atoms with Crippen molar-refractivity contribution in [3.63, 3.8) is 0 Å². The van der Waals surface area contributed by atoms with Gasteiger partial charge in [0.25, 0.3) is 0 Å². The first-order valence-corrected chi connectivity index (χ1v) is 12.0. The average molecular weight is 447 g/mol. The van der Waals surface area contributed by atoms with Crippen LogP contribution in [0.1, 0.15) is 37.8 Å². The smallest absolute Gasteiger partial charge is 0.242 e. The summed E-state index contributed by atoms with van der Waals surface area (Å²) in [5, 5.41) is 3.66. The molecule has 2 aromatic carbocycles. The summed E-state index contributed by atoms with van der Waals surface area (Å²) in [6, 6.07) is 17.2. The average Bonchev–Trinajstić information content (AvgIpc) is 2.76. The Kier molecular flexibility index (Phi) is 10.8. The zero-order valence-corrected chi connectivity index (χ0v) is 19.3. The quantitative estimate of drug-likeness (QED) is 0.469. The predicted octanol–water partition coefficient (Wildman–Crippen LogP) is 4.95. The number of carbonyl (C=O) groups is 2. The number of thioether (sulfide) groups is 1. The van der Waals surface area contributed by atoms with Crippen molar-refractivity contribution in [1.82, 2.24) is 10.2 Å². The van der Waals surface area contributed by atoms with Crippen LogP contribution >= 0.6 is 23.4 Å². The highest BCUT2D eigenvalue weighted by Gasteiger charge is 2.25. The first-order chi connectivity index (χ1) is 14.5. The minimum atomic E-state index is -0.491. The maximum absolute atomic E-state index is 13.0. The highest BCUT2D eigenvalue weighted by Crippen LogP contribution is 2.17. The second-order valence-electron chi connectivity index (χ2n) is 7.26. The standard InChI is InChI=1S/C24H31ClN2O2S/c1-3-4-15-26-24(29)19(2)27(16-14-20-8-6-5-7-9-20)23(28)18-30-17-21-10-12-22(25)13-11-21/h5-13,19H,3-4,14-18H2,1-2H3,(H,26,29)/t19-/m0/s1. The van der Waals surface area contributed by atoms with E-state index in [2.05, 4.69) is 12.2 Å². The molecule has 4 nitrogen and oxygen atoms in total. The van der Waals surface area contributed by atoms with Crippen molar-refractivity contribution in [1.29, 1.82) is 0 Å². The van der Waals surface area contributed by atoms with Gasteiger partial charge in [0.1, 0.15) is 6.04 Å². The molecule has 2 amide bonds. The van der Waals surface area contributed by atoms with Crippen LogP contribution in [0.15, 0.2) is 54.6 Å². The number of nitrogens with zero attached hydrogens (tertiary/aromatic N) is 1. The SMILES string of the molecule is CCCCNC(=O)[C@H](C)N(CCc1ccccc1)C(=O)CSCc1ccc(Cl)cc1. The molecule has 2 rings (SSSR count). The minimum Gasteiger partial charge on any atom is -0.354 e. The molecule has 0 bridgehead atoms. The van der Waals surface area contributed by atoms with Crippen LogP contribution in [0.2, 0.25) is 5.02 Å². The number of benzene rings is 2. The van der Waals surface area contributed by atoms with Crippen LogP contribution in [0.4, 0.5) is 0 Å². The lowest BCUT2D eigenvalue weighted by Gasteiger charge is -2.28. The second-order valence-corrected chi connectivity index (χ2v) is 8.68. The van der Waals surface area contributed by atoms with Gasteiger partial charge in [0.2, 0.25) is 11.8 Å². The molecule has 0 aliphatic heterocycles. The van der Waals surface area contributed by atoms with E-state index < -0.39 is 6.04 Å². The van der Waals surface area contributed by atoms with Crippen molar-refractivity contribution in [3.8, 4) is 0 Å². The Bertz CT molecular complexity index is 784. The van der Waals surface area contributed by atoms with Crippen LogP contribution in [0.25, 0.3) is 0 Å². The molecule has 0 saturated carbocycles. The van der Waals surface area contributed by atoms with Gasteiger partial charge in [-0.05, 0) is 43.0 Å². The van der Waals surface area contributed by atoms with Crippen molar-refractivity contribution in [2.75, 3.05) is 18.8 Å². The minimum absolute atomic E-state index is 0.0111. The lowest BCUT2D eigenvalue weighted by atomic mass is 10.1. The molecule has 0 saturated heterocycles. The summed E-state index contributed by atoms with van der Waals surface area (Å²) in [5.41, 5.74) is 2.28. The van der Waals surface area contributed by atoms with Crippen LogP contribution in [-0.4, -0.2) is 41.6 Å². The Morgan fingerprint density at radius 3 is 2.43 bits per heavy atom. The van der Waals surface area contributed by atoms with E-state index in [1.807, 2.05) is 61.5 Å². The summed E-state index contributed by atoms with van der Waals surface area (Å²) in [7, 11) is 0. The molecule has 0 spiro atoms. The lowest BCUT2D eigenvalue weighted by Crippen LogP contribution is -2.49. The maximum atomic E-state index is 13.0. The molecule has 0 radical (unpaired) electrons. The molecule has 1 atom stereocenters. The molecule has 6 heteroatoms. The number of hydrogen-bond acceptors (Lipinski definition) is 3. The van der Waals surface area contributed by atoms with Crippen molar-refractivity contribution in [3.05, 3.63) is 70.7 Å². The van der Waals surface area contributed by atoms with Crippen LogP contribution in [0.3, 0.4) is 0 Å². The Labute approximate surface area is 189 Å². The van der Waals surface area contributed by atoms with E-state index in [4.69, 9.17) is 11.6 Å². The van der Waals surface area contributed by atoms with Gasteiger partial charge in [0.15, 0.2) is 0 Å². The van der Waals surface area contributed by atoms with Gasteiger partial charge in [-0.3, -0.25) is 9.59 Å². The van der Waals surface area contributed by atoms with Gasteiger partial charge in [-0.15, -0.1) is 11.8 Å². The lowest BCUT2D eigenvalue weighted by molar-refractivity contribution is -0.137. The third kappa shape index (κ3) is 8.41. The molecule has 2 aromatic rings. The van der Waals surface area contributed by atoms with E-state index in [1.54, 1.807) is 16.7 Å². The molecule has 0 aliphatic rings. The van der Waals surface area contributed by atoms with Gasteiger partial charge in [-0.1, -0.05) is 67.4 Å². The highest BCUT2D eigenvalue weighted by atomic mass is 35.5. The summed E-state index contributed by atoms with van der Waals surface area (Å²) in [4.78, 5) is 27.3. The number of amides is 2. The Balaban J connectivity index is 1.96. The largest absolute Gasteiger partial charge is 0.354 e. The van der Waals surface area contributed by atoms with Gasteiger partial charge < -0.3 is 10.2 Å². The number of nitrogens with one attached hydrogen (secondary N) is 1. The van der Waals surface area contributed by atoms with Crippen LogP contribution in [0.5, 0.6) is 0 Å². The monoisotopic (exact) mass is 446 g/mol. The molecule has 1 N–H and O–H groups in total. The fourth-order valence-corrected chi connectivity index (χ4v) is 4.02. The number of unbranched alkanes of at least 4 members (excludes halogenated alkanes) is 1. The van der Waals surface area contributed by atoms with Gasteiger partial charge in [0.05, 0.1) is 5.75 Å². The summed E-state index contributed by atoms with van der Waals surface area (Å²) in [6.07, 6.45) is 2.68. The zero-order valence-electron chi connectivity index (χ0n) is 17.8. The van der Waals surface area contributed by atoms with Gasteiger partial charge in [-0.2, -0.15) is 0 Å². The van der Waals surface area contributed by atoms with Crippen molar-refractivity contribution >= 4 is 35.2 Å². The Morgan fingerprint density at radius 2 is 1.77 bits per heavy atom. The molecular formula is C24H31ClN2O2S. The number of carbonyl (C=O) groups excluding carboxylic acids is 2. The molecule has 0 aromatic heterocycles. The Morgan fingerprint density at radius 1 is 1.07 bits per heavy atom. The normalized spacial score (nSPS) is 11.7. The van der Waals surface area contributed by atoms with Gasteiger partial charge >= 0.3 is 0 Å². The van der Waals surface area contributed by atoms with Crippen molar-refractivity contribution in [2.24, 2.45) is 0 Å². The summed E-state index contributed by atoms with van der Waals surface area (Å²) < 4.78 is 0. The third-order valence-electron chi connectivity index (χ3n) is 4.89. The molecule has 0 heterocycles. The summed E-state index contributed by atoms with van der Waals surface area (Å²) >= 11 is 7.48. The molecular weight excluding hydrogens is 416 g/mol. The number of hydrogen-bond donors (Lipinski definition) is 1. The first kappa shape index (κ1) is 24.3. The van der Waals surface area contributed by atoms with E-state index >= 15 is 0 Å². The van der Waals surface area contributed by atoms with E-state index in [0.29, 0.717) is 23.9 Å². The highest BCUT2D eigenvalue weighted by molar-refractivity contribution is 7.99. The number of halogens is 1. The van der Waals surface area contributed by atoms with Crippen LogP contribution in [-0.2, 0) is 21.8 Å².